The molecule has 0 radical (unpaired) electrons. The third-order valence-corrected chi connectivity index (χ3v) is 0.213. The predicted molar refractivity (Wildman–Crippen MR) is 27.8 cm³/mol. The van der Waals surface area contributed by atoms with Crippen LogP contribution in [0.5, 0.6) is 0 Å². The van der Waals surface area contributed by atoms with Gasteiger partial charge in [-0.3, -0.25) is 5.92 Å². The van der Waals surface area contributed by atoms with E-state index in [1.807, 2.05) is 0 Å². The summed E-state index contributed by atoms with van der Waals surface area (Å²) in [7, 11) is 4.76. The first-order valence-electron chi connectivity index (χ1n) is 1.62. The van der Waals surface area contributed by atoms with Gasteiger partial charge >= 0.3 is 27.0 Å². The van der Waals surface area contributed by atoms with E-state index in [0.717, 1.165) is 17.3 Å². The Labute approximate surface area is 58.7 Å². The van der Waals surface area contributed by atoms with Crippen molar-refractivity contribution in [2.45, 2.75) is 6.92 Å². The van der Waals surface area contributed by atoms with Crippen molar-refractivity contribution >= 4 is 9.69 Å². The Balaban J connectivity index is 0. The standard InChI is InChI=1S/C5H5.ClH.Zn/c1-4-5(2)3;;/h2H2,3H3;1H;/q-1;;+2/p-1. The average Bonchev–Trinajstić information content (AvgIpc) is 1.73. The Bertz CT molecular complexity index is 80.6. The second-order valence-electron chi connectivity index (χ2n) is 0.905. The summed E-state index contributed by atoms with van der Waals surface area (Å²) in [5.74, 6) is 2.08. The van der Waals surface area contributed by atoms with E-state index < -0.39 is 0 Å². The molecule has 0 aliphatic rings. The summed E-state index contributed by atoms with van der Waals surface area (Å²) in [6, 6.07) is 0. The number of hydrogen-bond donors (Lipinski definition) is 0. The second kappa shape index (κ2) is 9.51. The SMILES string of the molecule is [C-]#CC(=C)C.[Cl][Zn+]. The van der Waals surface area contributed by atoms with Crippen molar-refractivity contribution in [1.29, 1.82) is 0 Å². The first kappa shape index (κ1) is 10.2. The molecule has 0 bridgehead atoms. The Hall–Kier alpha value is 0.213. The number of rotatable bonds is 0. The molecule has 0 atom stereocenters. The molecule has 2 heteroatoms. The van der Waals surface area contributed by atoms with Gasteiger partial charge in [0.2, 0.25) is 0 Å². The molecule has 0 saturated carbocycles. The van der Waals surface area contributed by atoms with Crippen LogP contribution < -0.4 is 0 Å². The van der Waals surface area contributed by atoms with Crippen LogP contribution in [0.1, 0.15) is 6.92 Å². The molecular formula is C5H5ClZn. The van der Waals surface area contributed by atoms with Crippen LogP contribution in [-0.2, 0) is 17.3 Å². The summed E-state index contributed by atoms with van der Waals surface area (Å²) in [6.45, 7) is 5.10. The van der Waals surface area contributed by atoms with Crippen molar-refractivity contribution in [3.05, 3.63) is 18.6 Å². The van der Waals surface area contributed by atoms with E-state index in [1.54, 1.807) is 6.92 Å². The van der Waals surface area contributed by atoms with Crippen LogP contribution in [0.4, 0.5) is 0 Å². The fraction of sp³-hybridized carbons (Fsp3) is 0.200. The molecule has 0 rings (SSSR count). The molecule has 0 aromatic heterocycles. The Kier molecular flexibility index (Phi) is 13.9. The molecule has 0 amide bonds. The number of hydrogen-bond acceptors (Lipinski definition) is 0. The summed E-state index contributed by atoms with van der Waals surface area (Å²) in [5.41, 5.74) is 0.671. The van der Waals surface area contributed by atoms with E-state index >= 15 is 0 Å². The van der Waals surface area contributed by atoms with E-state index in [2.05, 4.69) is 12.5 Å². The molecule has 0 aromatic rings. The third kappa shape index (κ3) is 22.5. The number of allylic oxidation sites excluding steroid dienone is 1. The molecule has 0 aromatic carbocycles. The zero-order chi connectivity index (χ0) is 6.28. The van der Waals surface area contributed by atoms with Gasteiger partial charge in [-0.15, -0.1) is 6.92 Å². The molecule has 0 fully saturated rings. The first-order valence-corrected chi connectivity index (χ1v) is 5.52. The van der Waals surface area contributed by atoms with Gasteiger partial charge in [0.05, 0.1) is 0 Å². The Morgan fingerprint density at radius 1 is 1.86 bits per heavy atom. The zero-order valence-corrected chi connectivity index (χ0v) is 8.02. The van der Waals surface area contributed by atoms with Crippen LogP contribution in [0, 0.1) is 12.3 Å². The first-order chi connectivity index (χ1) is 3.27. The molecule has 0 unspecified atom stereocenters. The molecule has 34 valence electrons. The monoisotopic (exact) mass is 164 g/mol. The van der Waals surface area contributed by atoms with Gasteiger partial charge in [0, 0.05) is 0 Å². The quantitative estimate of drug-likeness (QED) is 0.292. The van der Waals surface area contributed by atoms with Crippen molar-refractivity contribution in [3.63, 3.8) is 0 Å². The molecule has 7 heavy (non-hydrogen) atoms. The minimum absolute atomic E-state index is 0.671. The van der Waals surface area contributed by atoms with Crippen molar-refractivity contribution < 1.29 is 17.3 Å². The molecule has 0 N–H and O–H groups in total. The average molecular weight is 166 g/mol. The Morgan fingerprint density at radius 2 is 2.00 bits per heavy atom. The molecule has 0 aliphatic carbocycles. The van der Waals surface area contributed by atoms with Crippen LogP contribution >= 0.6 is 9.69 Å². The molecule has 0 spiro atoms. The zero-order valence-electron chi connectivity index (χ0n) is 4.29. The normalized spacial score (nSPS) is 5.00. The van der Waals surface area contributed by atoms with Crippen LogP contribution in [0.25, 0.3) is 0 Å². The van der Waals surface area contributed by atoms with Crippen LogP contribution in [-0.4, -0.2) is 0 Å². The topological polar surface area (TPSA) is 0 Å². The maximum absolute atomic E-state index is 6.31. The van der Waals surface area contributed by atoms with Gasteiger partial charge < -0.3 is 6.42 Å². The summed E-state index contributed by atoms with van der Waals surface area (Å²) < 4.78 is 0. The number of halogens is 1. The molecular weight excluding hydrogens is 161 g/mol. The fourth-order valence-electron chi connectivity index (χ4n) is 0. The fourth-order valence-corrected chi connectivity index (χ4v) is 0. The van der Waals surface area contributed by atoms with Gasteiger partial charge in [0.25, 0.3) is 0 Å². The van der Waals surface area contributed by atoms with Crippen molar-refractivity contribution in [2.75, 3.05) is 0 Å². The molecule has 0 saturated heterocycles. The molecule has 0 nitrogen and oxygen atoms in total. The third-order valence-electron chi connectivity index (χ3n) is 0.213. The predicted octanol–water partition coefficient (Wildman–Crippen LogP) is 1.84. The van der Waals surface area contributed by atoms with Crippen LogP contribution in [0.3, 0.4) is 0 Å². The Morgan fingerprint density at radius 3 is 2.00 bits per heavy atom. The van der Waals surface area contributed by atoms with Crippen LogP contribution in [0.15, 0.2) is 12.2 Å². The minimum atomic E-state index is 0.671. The summed E-state index contributed by atoms with van der Waals surface area (Å²) in [6.07, 6.45) is 6.31. The van der Waals surface area contributed by atoms with Gasteiger partial charge in [-0.1, -0.05) is 0 Å². The van der Waals surface area contributed by atoms with E-state index in [1.165, 1.54) is 0 Å². The van der Waals surface area contributed by atoms with Crippen molar-refractivity contribution in [3.8, 4) is 5.92 Å². The summed E-state index contributed by atoms with van der Waals surface area (Å²) in [5, 5.41) is 0. The van der Waals surface area contributed by atoms with E-state index in [-0.39, 0.29) is 0 Å². The molecule has 0 heterocycles. The van der Waals surface area contributed by atoms with Gasteiger partial charge in [-0.2, -0.15) is 12.2 Å². The van der Waals surface area contributed by atoms with Gasteiger partial charge in [-0.25, -0.2) is 0 Å². The van der Waals surface area contributed by atoms with E-state index in [0.29, 0.717) is 5.57 Å². The summed E-state index contributed by atoms with van der Waals surface area (Å²) in [4.78, 5) is 0. The van der Waals surface area contributed by atoms with E-state index in [4.69, 9.17) is 16.1 Å². The van der Waals surface area contributed by atoms with Crippen molar-refractivity contribution in [1.82, 2.24) is 0 Å². The van der Waals surface area contributed by atoms with Crippen molar-refractivity contribution in [2.24, 2.45) is 0 Å². The van der Waals surface area contributed by atoms with E-state index in [9.17, 15) is 0 Å². The van der Waals surface area contributed by atoms with Gasteiger partial charge in [-0.05, 0) is 0 Å². The summed E-state index contributed by atoms with van der Waals surface area (Å²) >= 11 is 0.847. The van der Waals surface area contributed by atoms with Crippen LogP contribution in [0.2, 0.25) is 0 Å². The van der Waals surface area contributed by atoms with Gasteiger partial charge in [0.15, 0.2) is 0 Å². The van der Waals surface area contributed by atoms with Gasteiger partial charge in [0.1, 0.15) is 0 Å². The molecule has 0 aliphatic heterocycles. The second-order valence-corrected chi connectivity index (χ2v) is 0.905. The maximum atomic E-state index is 6.31.